The molecule has 0 heterocycles. The van der Waals surface area contributed by atoms with E-state index in [1.54, 1.807) is 6.07 Å². The molecule has 0 amide bonds. The van der Waals surface area contributed by atoms with Crippen LogP contribution in [-0.4, -0.2) is 28.8 Å². The summed E-state index contributed by atoms with van der Waals surface area (Å²) < 4.78 is 45.1. The van der Waals surface area contributed by atoms with Crippen molar-refractivity contribution in [3.8, 4) is 6.07 Å². The van der Waals surface area contributed by atoms with Gasteiger partial charge in [0.15, 0.2) is 19.7 Å². The molecular weight excluding hydrogens is 250 g/mol. The fourth-order valence-corrected chi connectivity index (χ4v) is 2.58. The molecule has 0 aliphatic heterocycles. The molecule has 0 radical (unpaired) electrons. The van der Waals surface area contributed by atoms with Crippen molar-refractivity contribution in [3.63, 3.8) is 0 Å². The Kier molecular flexibility index (Phi) is 3.35. The highest BCUT2D eigenvalue weighted by atomic mass is 32.2. The van der Waals surface area contributed by atoms with Crippen molar-refractivity contribution in [1.29, 1.82) is 5.26 Å². The van der Waals surface area contributed by atoms with Gasteiger partial charge in [-0.25, -0.2) is 16.8 Å². The highest BCUT2D eigenvalue weighted by molar-refractivity contribution is 7.91. The lowest BCUT2D eigenvalue weighted by Crippen LogP contribution is -2.05. The maximum absolute atomic E-state index is 11.4. The van der Waals surface area contributed by atoms with Crippen molar-refractivity contribution in [2.45, 2.75) is 9.79 Å². The lowest BCUT2D eigenvalue weighted by atomic mass is 10.4. The van der Waals surface area contributed by atoms with E-state index >= 15 is 0 Å². The Morgan fingerprint density at radius 2 is 1.50 bits per heavy atom. The van der Waals surface area contributed by atoms with Crippen LogP contribution in [0.3, 0.4) is 0 Å². The van der Waals surface area contributed by atoms with E-state index in [1.807, 2.05) is 0 Å². The summed E-state index contributed by atoms with van der Waals surface area (Å²) in [6, 6.07) is 6.33. The van der Waals surface area contributed by atoms with E-state index in [1.165, 1.54) is 24.3 Å². The zero-order valence-corrected chi connectivity index (χ0v) is 10.0. The molecule has 0 fully saturated rings. The van der Waals surface area contributed by atoms with Crippen molar-refractivity contribution >= 4 is 19.7 Å². The average Bonchev–Trinajstić information content (AvgIpc) is 2.16. The van der Waals surface area contributed by atoms with Crippen molar-refractivity contribution in [2.75, 3.05) is 12.0 Å². The predicted molar refractivity (Wildman–Crippen MR) is 57.2 cm³/mol. The molecule has 7 heteroatoms. The zero-order valence-electron chi connectivity index (χ0n) is 8.41. The summed E-state index contributed by atoms with van der Waals surface area (Å²) in [4.78, 5) is -0.00939. The first-order valence-electron chi connectivity index (χ1n) is 4.17. The van der Waals surface area contributed by atoms with Gasteiger partial charge in [0, 0.05) is 6.26 Å². The summed E-state index contributed by atoms with van der Waals surface area (Å²) in [7, 11) is -6.97. The molecule has 0 aromatic heterocycles. The molecule has 0 spiro atoms. The Hall–Kier alpha value is -1.39. The van der Waals surface area contributed by atoms with Crippen molar-refractivity contribution < 1.29 is 16.8 Å². The second-order valence-electron chi connectivity index (χ2n) is 3.16. The van der Waals surface area contributed by atoms with Crippen molar-refractivity contribution in [1.82, 2.24) is 0 Å². The van der Waals surface area contributed by atoms with Gasteiger partial charge in [0.2, 0.25) is 0 Å². The largest absolute Gasteiger partial charge is 0.224 e. The highest BCUT2D eigenvalue weighted by Gasteiger charge is 2.15. The smallest absolute Gasteiger partial charge is 0.191 e. The van der Waals surface area contributed by atoms with Crippen LogP contribution in [0.25, 0.3) is 0 Å². The first-order chi connectivity index (χ1) is 7.27. The molecule has 1 rings (SSSR count). The van der Waals surface area contributed by atoms with Crippen LogP contribution in [0.4, 0.5) is 0 Å². The Bertz CT molecular complexity index is 621. The van der Waals surface area contributed by atoms with Gasteiger partial charge in [0.25, 0.3) is 0 Å². The first-order valence-corrected chi connectivity index (χ1v) is 7.71. The van der Waals surface area contributed by atoms with Crippen LogP contribution in [0.15, 0.2) is 34.1 Å². The summed E-state index contributed by atoms with van der Waals surface area (Å²) in [6.07, 6.45) is 1.03. The van der Waals surface area contributed by atoms with Gasteiger partial charge < -0.3 is 0 Å². The molecule has 0 saturated carbocycles. The maximum atomic E-state index is 11.4. The number of nitrogens with zero attached hydrogens (tertiary/aromatic N) is 1. The molecule has 86 valence electrons. The van der Waals surface area contributed by atoms with E-state index in [4.69, 9.17) is 5.26 Å². The van der Waals surface area contributed by atoms with Crippen molar-refractivity contribution in [3.05, 3.63) is 24.3 Å². The second kappa shape index (κ2) is 4.23. The lowest BCUT2D eigenvalue weighted by molar-refractivity contribution is 0.596. The minimum absolute atomic E-state index is 0.0448. The molecule has 0 aliphatic carbocycles. The molecule has 0 atom stereocenters. The van der Waals surface area contributed by atoms with E-state index in [0.717, 1.165) is 6.26 Å². The predicted octanol–water partition coefficient (Wildman–Crippen LogP) is 0.387. The standard InChI is InChI=1S/C9H9NO4S2/c1-15(11,12)8-2-4-9(5-3-8)16(13,14)7-6-10/h2-5H,7H2,1H3. The fraction of sp³-hybridized carbons (Fsp3) is 0.222. The fourth-order valence-electron chi connectivity index (χ4n) is 1.06. The van der Waals surface area contributed by atoms with Crippen LogP contribution in [0.5, 0.6) is 0 Å². The number of hydrogen-bond acceptors (Lipinski definition) is 5. The van der Waals surface area contributed by atoms with Gasteiger partial charge in [-0.05, 0) is 24.3 Å². The quantitative estimate of drug-likeness (QED) is 0.782. The zero-order chi connectivity index (χ0) is 12.4. The molecule has 0 N–H and O–H groups in total. The lowest BCUT2D eigenvalue weighted by Gasteiger charge is -2.01. The SMILES string of the molecule is CS(=O)(=O)c1ccc(S(=O)(=O)CC#N)cc1. The van der Waals surface area contributed by atoms with E-state index < -0.39 is 25.4 Å². The minimum atomic E-state index is -3.63. The molecule has 1 aromatic carbocycles. The number of benzene rings is 1. The van der Waals surface area contributed by atoms with Gasteiger partial charge in [-0.2, -0.15) is 5.26 Å². The molecule has 5 nitrogen and oxygen atoms in total. The second-order valence-corrected chi connectivity index (χ2v) is 7.17. The summed E-state index contributed by atoms with van der Waals surface area (Å²) in [5, 5.41) is 8.32. The molecule has 16 heavy (non-hydrogen) atoms. The maximum Gasteiger partial charge on any atom is 0.191 e. The Balaban J connectivity index is 3.21. The van der Waals surface area contributed by atoms with Crippen LogP contribution in [0.1, 0.15) is 0 Å². The molecular formula is C9H9NO4S2. The summed E-state index contributed by atoms with van der Waals surface area (Å²) in [6.45, 7) is 0. The average molecular weight is 259 g/mol. The third-order valence-electron chi connectivity index (χ3n) is 1.87. The van der Waals surface area contributed by atoms with Crippen LogP contribution in [0.2, 0.25) is 0 Å². The minimum Gasteiger partial charge on any atom is -0.224 e. The van der Waals surface area contributed by atoms with Crippen LogP contribution >= 0.6 is 0 Å². The van der Waals surface area contributed by atoms with Gasteiger partial charge in [-0.15, -0.1) is 0 Å². The van der Waals surface area contributed by atoms with E-state index in [9.17, 15) is 16.8 Å². The van der Waals surface area contributed by atoms with Gasteiger partial charge in [0.05, 0.1) is 15.9 Å². The molecule has 1 aromatic rings. The number of nitriles is 1. The van der Waals surface area contributed by atoms with Crippen molar-refractivity contribution in [2.24, 2.45) is 0 Å². The monoisotopic (exact) mass is 259 g/mol. The number of rotatable bonds is 3. The molecule has 0 aliphatic rings. The Labute approximate surface area is 94.2 Å². The topological polar surface area (TPSA) is 92.1 Å². The summed E-state index contributed by atoms with van der Waals surface area (Å²) in [5.74, 6) is -0.620. The third-order valence-corrected chi connectivity index (χ3v) is 4.49. The Morgan fingerprint density at radius 1 is 1.06 bits per heavy atom. The molecule has 0 unspecified atom stereocenters. The molecule has 0 saturated heterocycles. The van der Waals surface area contributed by atoms with Gasteiger partial charge in [-0.3, -0.25) is 0 Å². The van der Waals surface area contributed by atoms with Crippen LogP contribution in [-0.2, 0) is 19.7 Å². The molecule has 0 bridgehead atoms. The van der Waals surface area contributed by atoms with Gasteiger partial charge in [0.1, 0.15) is 5.75 Å². The van der Waals surface area contributed by atoms with E-state index in [2.05, 4.69) is 0 Å². The normalized spacial score (nSPS) is 12.0. The van der Waals surface area contributed by atoms with Gasteiger partial charge in [-0.1, -0.05) is 0 Å². The van der Waals surface area contributed by atoms with Gasteiger partial charge >= 0.3 is 0 Å². The summed E-state index contributed by atoms with van der Waals surface area (Å²) in [5.41, 5.74) is 0. The third kappa shape index (κ3) is 2.81. The van der Waals surface area contributed by atoms with E-state index in [-0.39, 0.29) is 9.79 Å². The number of hydrogen-bond donors (Lipinski definition) is 0. The van der Waals surface area contributed by atoms with E-state index in [0.29, 0.717) is 0 Å². The Morgan fingerprint density at radius 3 is 1.88 bits per heavy atom. The number of sulfone groups is 2. The summed E-state index contributed by atoms with van der Waals surface area (Å²) >= 11 is 0. The first kappa shape index (κ1) is 12.7. The van der Waals surface area contributed by atoms with Crippen LogP contribution in [0, 0.1) is 11.3 Å². The highest BCUT2D eigenvalue weighted by Crippen LogP contribution is 2.15. The van der Waals surface area contributed by atoms with Crippen LogP contribution < -0.4 is 0 Å².